The zero-order valence-electron chi connectivity index (χ0n) is 19.5. The molecular formula is C22H32N4O3S3. The Hall–Kier alpha value is -1.77. The Morgan fingerprint density at radius 1 is 1.28 bits per heavy atom. The predicted octanol–water partition coefficient (Wildman–Crippen LogP) is 4.38. The van der Waals surface area contributed by atoms with Crippen molar-refractivity contribution in [3.8, 4) is 6.07 Å². The first kappa shape index (κ1) is 28.3. The molecule has 3 N–H and O–H groups in total. The number of carbonyl (C=O) groups excluding carboxylic acids is 1. The highest BCUT2D eigenvalue weighted by molar-refractivity contribution is 7.93. The zero-order valence-corrected chi connectivity index (χ0v) is 22.1. The van der Waals surface area contributed by atoms with E-state index >= 15 is 0 Å². The molecule has 7 nitrogen and oxygen atoms in total. The number of aliphatic hydroxyl groups is 1. The molecule has 0 bridgehead atoms. The lowest BCUT2D eigenvalue weighted by Crippen LogP contribution is -2.17. The Balaban J connectivity index is 0.00000512. The average Bonchev–Trinajstić information content (AvgIpc) is 3.04. The molecule has 0 aliphatic heterocycles. The maximum atomic E-state index is 13.1. The highest BCUT2D eigenvalue weighted by atomic mass is 32.2. The Morgan fingerprint density at radius 2 is 1.78 bits per heavy atom. The molecule has 0 aliphatic rings. The number of nitrogens with zero attached hydrogens (tertiary/aromatic N) is 3. The maximum Gasteiger partial charge on any atom is 0.259 e. The van der Waals surface area contributed by atoms with Gasteiger partial charge in [-0.25, -0.2) is 14.3 Å². The van der Waals surface area contributed by atoms with Crippen LogP contribution in [0.5, 0.6) is 0 Å². The second-order valence-corrected chi connectivity index (χ2v) is 11.7. The number of carbonyl (C=O) groups is 1. The molecule has 176 valence electrons. The third-order valence-corrected chi connectivity index (χ3v) is 8.33. The molecule has 0 saturated carbocycles. The fourth-order valence-electron chi connectivity index (χ4n) is 3.31. The number of thiazole rings is 1. The van der Waals surface area contributed by atoms with Crippen molar-refractivity contribution < 1.29 is 14.1 Å². The number of nitrogens with two attached hydrogens (primary N) is 1. The fourth-order valence-corrected chi connectivity index (χ4v) is 5.85. The van der Waals surface area contributed by atoms with E-state index in [4.69, 9.17) is 5.14 Å². The summed E-state index contributed by atoms with van der Waals surface area (Å²) in [4.78, 5) is 17.1. The van der Waals surface area contributed by atoms with Crippen LogP contribution >= 0.6 is 24.8 Å². The van der Waals surface area contributed by atoms with Crippen molar-refractivity contribution in [1.82, 2.24) is 4.98 Å². The van der Waals surface area contributed by atoms with Crippen molar-refractivity contribution in [1.29, 1.82) is 5.26 Å². The Kier molecular flexibility index (Phi) is 9.22. The molecule has 0 fully saturated rings. The Bertz CT molecular complexity index is 1130. The van der Waals surface area contributed by atoms with E-state index in [2.05, 4.69) is 15.4 Å². The maximum absolute atomic E-state index is 13.1. The van der Waals surface area contributed by atoms with Crippen LogP contribution in [0.2, 0.25) is 0 Å². The van der Waals surface area contributed by atoms with E-state index in [0.29, 0.717) is 16.3 Å². The predicted molar refractivity (Wildman–Crippen MR) is 134 cm³/mol. The number of nitriles is 1. The van der Waals surface area contributed by atoms with E-state index in [-0.39, 0.29) is 36.0 Å². The molecule has 32 heavy (non-hydrogen) atoms. The van der Waals surface area contributed by atoms with Crippen LogP contribution in [0.4, 0.5) is 0 Å². The molecule has 0 spiro atoms. The van der Waals surface area contributed by atoms with E-state index in [0.717, 1.165) is 28.0 Å². The van der Waals surface area contributed by atoms with Crippen LogP contribution in [-0.2, 0) is 26.7 Å². The Morgan fingerprint density at radius 3 is 2.16 bits per heavy atom. The standard InChI is InChI=1S/C22H30N4O3S2.H2S/c1-12(2)16-8-15(11-23)9-17(13(3)4)18(16)10-19(27)26-31(24,29)20-14(5)25-21(30-20)22(6,7)28;/h8-9,12-13,28H,10H2,1-7H3,(H2,24,26,27,29);1H2. The highest BCUT2D eigenvalue weighted by Crippen LogP contribution is 2.32. The van der Waals surface area contributed by atoms with E-state index in [1.165, 1.54) is 0 Å². The molecule has 0 aliphatic carbocycles. The summed E-state index contributed by atoms with van der Waals surface area (Å²) < 4.78 is 17.2. The van der Waals surface area contributed by atoms with Crippen LogP contribution in [0.15, 0.2) is 20.7 Å². The summed E-state index contributed by atoms with van der Waals surface area (Å²) in [5.74, 6) is -0.415. The molecule has 0 saturated heterocycles. The summed E-state index contributed by atoms with van der Waals surface area (Å²) in [6, 6.07) is 5.77. The van der Waals surface area contributed by atoms with Gasteiger partial charge in [0.05, 0.1) is 23.7 Å². The quantitative estimate of drug-likeness (QED) is 0.613. The average molecular weight is 497 g/mol. The van der Waals surface area contributed by atoms with Gasteiger partial charge in [0.25, 0.3) is 5.91 Å². The molecule has 2 rings (SSSR count). The molecule has 1 atom stereocenters. The lowest BCUT2D eigenvalue weighted by Gasteiger charge is -2.19. The van der Waals surface area contributed by atoms with Crippen LogP contribution < -0.4 is 5.14 Å². The topological polar surface area (TPSA) is 129 Å². The molecule has 1 amide bonds. The van der Waals surface area contributed by atoms with E-state index in [9.17, 15) is 19.4 Å². The van der Waals surface area contributed by atoms with Gasteiger partial charge in [-0.2, -0.15) is 18.8 Å². The van der Waals surface area contributed by atoms with Gasteiger partial charge in [-0.15, -0.1) is 15.7 Å². The molecule has 10 heteroatoms. The summed E-state index contributed by atoms with van der Waals surface area (Å²) in [5.41, 5.74) is 2.30. The van der Waals surface area contributed by atoms with Gasteiger partial charge in [0.1, 0.15) is 14.8 Å². The van der Waals surface area contributed by atoms with Gasteiger partial charge in [0, 0.05) is 0 Å². The van der Waals surface area contributed by atoms with E-state index in [1.807, 2.05) is 27.7 Å². The number of amides is 1. The van der Waals surface area contributed by atoms with Crippen molar-refractivity contribution in [3.63, 3.8) is 0 Å². The molecule has 1 heterocycles. The summed E-state index contributed by atoms with van der Waals surface area (Å²) in [5, 5.41) is 25.9. The van der Waals surface area contributed by atoms with Gasteiger partial charge in [-0.05, 0) is 61.4 Å². The minimum atomic E-state index is -3.51. The summed E-state index contributed by atoms with van der Waals surface area (Å²) >= 11 is 0.999. The largest absolute Gasteiger partial charge is 0.383 e. The van der Waals surface area contributed by atoms with Gasteiger partial charge in [-0.3, -0.25) is 4.79 Å². The van der Waals surface area contributed by atoms with Gasteiger partial charge in [-0.1, -0.05) is 27.7 Å². The monoisotopic (exact) mass is 496 g/mol. The third-order valence-electron chi connectivity index (χ3n) is 4.80. The van der Waals surface area contributed by atoms with Crippen LogP contribution in [0.1, 0.15) is 86.3 Å². The van der Waals surface area contributed by atoms with Crippen LogP contribution in [0, 0.1) is 18.3 Å². The van der Waals surface area contributed by atoms with Gasteiger partial charge >= 0.3 is 0 Å². The lowest BCUT2D eigenvalue weighted by molar-refractivity contribution is -0.117. The van der Waals surface area contributed by atoms with Crippen molar-refractivity contribution in [2.24, 2.45) is 9.50 Å². The zero-order chi connectivity index (χ0) is 23.7. The lowest BCUT2D eigenvalue weighted by atomic mass is 9.85. The molecule has 1 aromatic carbocycles. The summed E-state index contributed by atoms with van der Waals surface area (Å²) in [7, 11) is -3.51. The Labute approximate surface area is 201 Å². The van der Waals surface area contributed by atoms with Crippen molar-refractivity contribution in [2.75, 3.05) is 0 Å². The van der Waals surface area contributed by atoms with Crippen molar-refractivity contribution in [3.05, 3.63) is 45.1 Å². The first-order valence-electron chi connectivity index (χ1n) is 10.0. The number of rotatable bonds is 6. The molecular weight excluding hydrogens is 464 g/mol. The second kappa shape index (κ2) is 10.4. The SMILES string of the molecule is Cc1nc(C(C)(C)O)sc1S(N)(=O)=NC(=O)Cc1c(C(C)C)cc(C#N)cc1C(C)C.S. The smallest absolute Gasteiger partial charge is 0.259 e. The molecule has 1 aromatic heterocycles. The number of hydrogen-bond donors (Lipinski definition) is 2. The normalized spacial score (nSPS) is 13.4. The minimum Gasteiger partial charge on any atom is -0.383 e. The van der Waals surface area contributed by atoms with Gasteiger partial charge < -0.3 is 5.11 Å². The number of aryl methyl sites for hydroxylation is 1. The van der Waals surface area contributed by atoms with Crippen LogP contribution in [-0.4, -0.2) is 20.2 Å². The fraction of sp³-hybridized carbons (Fsp3) is 0.500. The third kappa shape index (κ3) is 6.39. The van der Waals surface area contributed by atoms with Crippen molar-refractivity contribution >= 4 is 40.7 Å². The molecule has 2 aromatic rings. The summed E-state index contributed by atoms with van der Waals surface area (Å²) in [6.45, 7) is 12.8. The number of hydrogen-bond acceptors (Lipinski definition) is 6. The summed E-state index contributed by atoms with van der Waals surface area (Å²) in [6.07, 6.45) is -0.0584. The van der Waals surface area contributed by atoms with Gasteiger partial charge in [0.15, 0.2) is 9.92 Å². The molecule has 0 radical (unpaired) electrons. The number of aromatic nitrogens is 1. The molecule has 1 unspecified atom stereocenters. The van der Waals surface area contributed by atoms with Crippen LogP contribution in [0.25, 0.3) is 0 Å². The second-order valence-electron chi connectivity index (χ2n) is 8.74. The van der Waals surface area contributed by atoms with Crippen molar-refractivity contribution in [2.45, 2.75) is 76.5 Å². The van der Waals surface area contributed by atoms with E-state index < -0.39 is 21.4 Å². The number of benzene rings is 1. The van der Waals surface area contributed by atoms with Crippen LogP contribution in [0.3, 0.4) is 0 Å². The minimum absolute atomic E-state index is 0. The highest BCUT2D eigenvalue weighted by Gasteiger charge is 2.26. The first-order chi connectivity index (χ1) is 14.2. The first-order valence-corrected chi connectivity index (χ1v) is 12.4. The van der Waals surface area contributed by atoms with E-state index in [1.54, 1.807) is 32.9 Å². The van der Waals surface area contributed by atoms with Gasteiger partial charge in [0.2, 0.25) is 0 Å².